The lowest BCUT2D eigenvalue weighted by molar-refractivity contribution is 0.0939. The lowest BCUT2D eigenvalue weighted by atomic mass is 10.1. The van der Waals surface area contributed by atoms with Crippen molar-refractivity contribution < 1.29 is 9.90 Å². The highest BCUT2D eigenvalue weighted by atomic mass is 16.3. The molecule has 0 aliphatic carbocycles. The van der Waals surface area contributed by atoms with E-state index in [9.17, 15) is 4.79 Å². The third kappa shape index (κ3) is 4.04. The Morgan fingerprint density at radius 1 is 1.44 bits per heavy atom. The number of rotatable bonds is 6. The Morgan fingerprint density at radius 3 is 2.72 bits per heavy atom. The molecule has 0 unspecified atom stereocenters. The van der Waals surface area contributed by atoms with Crippen molar-refractivity contribution in [3.63, 3.8) is 0 Å². The van der Waals surface area contributed by atoms with Gasteiger partial charge in [-0.1, -0.05) is 6.92 Å². The maximum absolute atomic E-state index is 11.9. The van der Waals surface area contributed by atoms with E-state index in [4.69, 9.17) is 5.11 Å². The smallest absolute Gasteiger partial charge is 0.251 e. The minimum Gasteiger partial charge on any atom is -0.395 e. The number of carbonyl (C=O) groups is 1. The van der Waals surface area contributed by atoms with E-state index < -0.39 is 0 Å². The van der Waals surface area contributed by atoms with E-state index >= 15 is 0 Å². The largest absolute Gasteiger partial charge is 0.395 e. The molecule has 0 aliphatic rings. The van der Waals surface area contributed by atoms with Gasteiger partial charge in [0.15, 0.2) is 0 Å². The van der Waals surface area contributed by atoms with Crippen molar-refractivity contribution in [2.45, 2.75) is 33.2 Å². The molecule has 1 aromatic rings. The Balaban J connectivity index is 2.74. The summed E-state index contributed by atoms with van der Waals surface area (Å²) < 4.78 is 0. The van der Waals surface area contributed by atoms with Crippen molar-refractivity contribution in [1.29, 1.82) is 0 Å². The SMILES string of the molecule is CC[C@@H](C)NC(=O)c1ccc(NCCO)c(C)c1. The van der Waals surface area contributed by atoms with Gasteiger partial charge in [0.05, 0.1) is 6.61 Å². The van der Waals surface area contributed by atoms with E-state index in [0.717, 1.165) is 17.7 Å². The summed E-state index contributed by atoms with van der Waals surface area (Å²) >= 11 is 0. The Labute approximate surface area is 108 Å². The van der Waals surface area contributed by atoms with Crippen molar-refractivity contribution in [3.05, 3.63) is 29.3 Å². The van der Waals surface area contributed by atoms with Gasteiger partial charge in [-0.05, 0) is 44.0 Å². The zero-order valence-corrected chi connectivity index (χ0v) is 11.3. The van der Waals surface area contributed by atoms with Gasteiger partial charge in [-0.2, -0.15) is 0 Å². The zero-order chi connectivity index (χ0) is 13.5. The van der Waals surface area contributed by atoms with Crippen LogP contribution in [-0.2, 0) is 0 Å². The van der Waals surface area contributed by atoms with Crippen LogP contribution < -0.4 is 10.6 Å². The van der Waals surface area contributed by atoms with Crippen molar-refractivity contribution in [2.24, 2.45) is 0 Å². The molecule has 1 rings (SSSR count). The van der Waals surface area contributed by atoms with Crippen LogP contribution in [0.15, 0.2) is 18.2 Å². The molecule has 1 aromatic carbocycles. The molecule has 0 fully saturated rings. The summed E-state index contributed by atoms with van der Waals surface area (Å²) in [5, 5.41) is 14.8. The Morgan fingerprint density at radius 2 is 2.17 bits per heavy atom. The van der Waals surface area contributed by atoms with Gasteiger partial charge in [0.1, 0.15) is 0 Å². The van der Waals surface area contributed by atoms with Crippen LogP contribution in [0.4, 0.5) is 5.69 Å². The highest BCUT2D eigenvalue weighted by Crippen LogP contribution is 2.16. The average Bonchev–Trinajstić information content (AvgIpc) is 2.37. The number of hydrogen-bond acceptors (Lipinski definition) is 3. The normalized spacial score (nSPS) is 12.0. The first-order valence-corrected chi connectivity index (χ1v) is 6.34. The van der Waals surface area contributed by atoms with E-state index in [1.807, 2.05) is 32.9 Å². The molecule has 3 N–H and O–H groups in total. The number of aliphatic hydroxyl groups is 1. The van der Waals surface area contributed by atoms with Crippen LogP contribution in [0.3, 0.4) is 0 Å². The summed E-state index contributed by atoms with van der Waals surface area (Å²) in [4.78, 5) is 11.9. The average molecular weight is 250 g/mol. The maximum atomic E-state index is 11.9. The number of carbonyl (C=O) groups excluding carboxylic acids is 1. The van der Waals surface area contributed by atoms with Gasteiger partial charge in [-0.25, -0.2) is 0 Å². The van der Waals surface area contributed by atoms with E-state index in [1.54, 1.807) is 6.07 Å². The van der Waals surface area contributed by atoms with Crippen molar-refractivity contribution in [2.75, 3.05) is 18.5 Å². The van der Waals surface area contributed by atoms with Crippen LogP contribution in [0.1, 0.15) is 36.2 Å². The fourth-order valence-corrected chi connectivity index (χ4v) is 1.60. The topological polar surface area (TPSA) is 61.4 Å². The predicted octanol–water partition coefficient (Wildman–Crippen LogP) is 1.93. The molecule has 4 nitrogen and oxygen atoms in total. The molecule has 1 atom stereocenters. The number of hydrogen-bond donors (Lipinski definition) is 3. The molecule has 0 aliphatic heterocycles. The minimum atomic E-state index is -0.0406. The van der Waals surface area contributed by atoms with Crippen LogP contribution >= 0.6 is 0 Å². The van der Waals surface area contributed by atoms with Crippen molar-refractivity contribution in [3.8, 4) is 0 Å². The maximum Gasteiger partial charge on any atom is 0.251 e. The zero-order valence-electron chi connectivity index (χ0n) is 11.3. The summed E-state index contributed by atoms with van der Waals surface area (Å²) in [5.74, 6) is -0.0406. The molecule has 18 heavy (non-hydrogen) atoms. The number of benzene rings is 1. The summed E-state index contributed by atoms with van der Waals surface area (Å²) in [6, 6.07) is 5.71. The second kappa shape index (κ2) is 7.01. The Bertz CT molecular complexity index is 405. The van der Waals surface area contributed by atoms with Crippen molar-refractivity contribution >= 4 is 11.6 Å². The molecule has 0 saturated heterocycles. The molecular formula is C14H22N2O2. The molecule has 1 amide bonds. The molecule has 0 saturated carbocycles. The molecule has 0 radical (unpaired) electrons. The van der Waals surface area contributed by atoms with Gasteiger partial charge in [-0.3, -0.25) is 4.79 Å². The van der Waals surface area contributed by atoms with Crippen LogP contribution in [0.2, 0.25) is 0 Å². The highest BCUT2D eigenvalue weighted by molar-refractivity contribution is 5.95. The first kappa shape index (κ1) is 14.5. The molecule has 0 bridgehead atoms. The van der Waals surface area contributed by atoms with Crippen LogP contribution in [-0.4, -0.2) is 30.2 Å². The lowest BCUT2D eigenvalue weighted by Gasteiger charge is -2.13. The fraction of sp³-hybridized carbons (Fsp3) is 0.500. The number of aryl methyl sites for hydroxylation is 1. The molecule has 0 aromatic heterocycles. The number of nitrogens with one attached hydrogen (secondary N) is 2. The molecular weight excluding hydrogens is 228 g/mol. The first-order valence-electron chi connectivity index (χ1n) is 6.34. The van der Waals surface area contributed by atoms with Gasteiger partial charge in [0.25, 0.3) is 5.91 Å². The number of amides is 1. The summed E-state index contributed by atoms with van der Waals surface area (Å²) in [6.45, 7) is 6.58. The highest BCUT2D eigenvalue weighted by Gasteiger charge is 2.09. The lowest BCUT2D eigenvalue weighted by Crippen LogP contribution is -2.31. The molecule has 0 spiro atoms. The van der Waals surface area contributed by atoms with Crippen LogP contribution in [0.5, 0.6) is 0 Å². The van der Waals surface area contributed by atoms with Gasteiger partial charge in [0.2, 0.25) is 0 Å². The standard InChI is InChI=1S/C14H22N2O2/c1-4-11(3)16-14(18)12-5-6-13(10(2)9-12)15-7-8-17/h5-6,9,11,15,17H,4,7-8H2,1-3H3,(H,16,18)/t11-/m1/s1. The minimum absolute atomic E-state index is 0.0406. The van der Waals surface area contributed by atoms with E-state index in [0.29, 0.717) is 12.1 Å². The third-order valence-corrected chi connectivity index (χ3v) is 2.91. The number of aliphatic hydroxyl groups excluding tert-OH is 1. The summed E-state index contributed by atoms with van der Waals surface area (Å²) in [6.07, 6.45) is 0.918. The predicted molar refractivity (Wildman–Crippen MR) is 74.0 cm³/mol. The Hall–Kier alpha value is -1.55. The molecule has 100 valence electrons. The number of anilines is 1. The Kier molecular flexibility index (Phi) is 5.65. The third-order valence-electron chi connectivity index (χ3n) is 2.91. The van der Waals surface area contributed by atoms with E-state index in [-0.39, 0.29) is 18.6 Å². The second-order valence-electron chi connectivity index (χ2n) is 4.46. The van der Waals surface area contributed by atoms with E-state index in [2.05, 4.69) is 10.6 Å². The monoisotopic (exact) mass is 250 g/mol. The fourth-order valence-electron chi connectivity index (χ4n) is 1.60. The summed E-state index contributed by atoms with van der Waals surface area (Å²) in [5.41, 5.74) is 2.62. The van der Waals surface area contributed by atoms with Gasteiger partial charge in [-0.15, -0.1) is 0 Å². The second-order valence-corrected chi connectivity index (χ2v) is 4.46. The quantitative estimate of drug-likeness (QED) is 0.723. The van der Waals surface area contributed by atoms with Gasteiger partial charge in [0, 0.05) is 23.8 Å². The van der Waals surface area contributed by atoms with E-state index in [1.165, 1.54) is 0 Å². The molecule has 4 heteroatoms. The van der Waals surface area contributed by atoms with Gasteiger partial charge < -0.3 is 15.7 Å². The molecule has 0 heterocycles. The van der Waals surface area contributed by atoms with Crippen LogP contribution in [0.25, 0.3) is 0 Å². The van der Waals surface area contributed by atoms with Crippen LogP contribution in [0, 0.1) is 6.92 Å². The van der Waals surface area contributed by atoms with Gasteiger partial charge >= 0.3 is 0 Å². The summed E-state index contributed by atoms with van der Waals surface area (Å²) in [7, 11) is 0. The van der Waals surface area contributed by atoms with Crippen molar-refractivity contribution in [1.82, 2.24) is 5.32 Å². The first-order chi connectivity index (χ1) is 8.58.